The van der Waals surface area contributed by atoms with Crippen LogP contribution >= 0.6 is 0 Å². The van der Waals surface area contributed by atoms with Gasteiger partial charge in [0.2, 0.25) is 15.9 Å². The second-order valence-electron chi connectivity index (χ2n) is 6.20. The van der Waals surface area contributed by atoms with E-state index >= 15 is 0 Å². The van der Waals surface area contributed by atoms with Crippen molar-refractivity contribution in [3.8, 4) is 5.75 Å². The Morgan fingerprint density at radius 1 is 1.07 bits per heavy atom. The Bertz CT molecular complexity index is 893. The lowest BCUT2D eigenvalue weighted by Gasteiger charge is -2.20. The molecule has 1 amide bonds. The number of amides is 1. The summed E-state index contributed by atoms with van der Waals surface area (Å²) in [5.41, 5.74) is 2.63. The third kappa shape index (κ3) is 5.30. The first-order valence-electron chi connectivity index (χ1n) is 8.88. The van der Waals surface area contributed by atoms with Gasteiger partial charge >= 0.3 is 0 Å². The molecule has 0 atom stereocenters. The maximum absolute atomic E-state index is 12.8. The zero-order valence-electron chi connectivity index (χ0n) is 16.2. The van der Waals surface area contributed by atoms with E-state index in [1.165, 1.54) is 12.1 Å². The Hall–Kier alpha value is -2.38. The standard InChI is InChI=1S/C20H26N2O4S/c1-5-22(14-20(23)21-19-13-15(3)7-8-16(19)4)27(24,25)18-11-9-17(10-12-18)26-6-2/h7-13H,5-6,14H2,1-4H3,(H,21,23). The van der Waals surface area contributed by atoms with Crippen LogP contribution in [-0.2, 0) is 14.8 Å². The van der Waals surface area contributed by atoms with Gasteiger partial charge in [0.1, 0.15) is 5.75 Å². The highest BCUT2D eigenvalue weighted by Gasteiger charge is 2.25. The van der Waals surface area contributed by atoms with E-state index in [0.717, 1.165) is 15.4 Å². The van der Waals surface area contributed by atoms with Crippen LogP contribution in [0, 0.1) is 13.8 Å². The first-order chi connectivity index (χ1) is 12.8. The molecule has 0 aliphatic carbocycles. The zero-order valence-corrected chi connectivity index (χ0v) is 17.0. The lowest BCUT2D eigenvalue weighted by Crippen LogP contribution is -2.37. The summed E-state index contributed by atoms with van der Waals surface area (Å²) >= 11 is 0. The molecule has 0 saturated heterocycles. The smallest absolute Gasteiger partial charge is 0.243 e. The van der Waals surface area contributed by atoms with Gasteiger partial charge in [-0.05, 0) is 62.2 Å². The Labute approximate surface area is 161 Å². The van der Waals surface area contributed by atoms with Gasteiger partial charge in [0, 0.05) is 12.2 Å². The zero-order chi connectivity index (χ0) is 20.0. The predicted molar refractivity (Wildman–Crippen MR) is 107 cm³/mol. The van der Waals surface area contributed by atoms with E-state index in [1.807, 2.05) is 39.0 Å². The van der Waals surface area contributed by atoms with Gasteiger partial charge in [-0.2, -0.15) is 4.31 Å². The number of sulfonamides is 1. The number of ether oxygens (including phenoxy) is 1. The number of nitrogens with zero attached hydrogens (tertiary/aromatic N) is 1. The lowest BCUT2D eigenvalue weighted by atomic mass is 10.1. The van der Waals surface area contributed by atoms with Crippen LogP contribution in [0.25, 0.3) is 0 Å². The van der Waals surface area contributed by atoms with Crippen LogP contribution in [0.2, 0.25) is 0 Å². The van der Waals surface area contributed by atoms with Gasteiger partial charge in [-0.3, -0.25) is 4.79 Å². The van der Waals surface area contributed by atoms with Crippen molar-refractivity contribution in [1.29, 1.82) is 0 Å². The van der Waals surface area contributed by atoms with Crippen molar-refractivity contribution in [2.45, 2.75) is 32.6 Å². The first-order valence-corrected chi connectivity index (χ1v) is 10.3. The SMILES string of the molecule is CCOc1ccc(S(=O)(=O)N(CC)CC(=O)Nc2cc(C)ccc2C)cc1. The quantitative estimate of drug-likeness (QED) is 0.750. The number of likely N-dealkylation sites (N-methyl/N-ethyl adjacent to an activating group) is 1. The molecule has 0 radical (unpaired) electrons. The van der Waals surface area contributed by atoms with Crippen molar-refractivity contribution in [1.82, 2.24) is 4.31 Å². The summed E-state index contributed by atoms with van der Waals surface area (Å²) in [6, 6.07) is 11.9. The van der Waals surface area contributed by atoms with Crippen molar-refractivity contribution in [2.24, 2.45) is 0 Å². The number of carbonyl (C=O) groups is 1. The Balaban J connectivity index is 2.14. The Morgan fingerprint density at radius 3 is 2.33 bits per heavy atom. The average molecular weight is 391 g/mol. The van der Waals surface area contributed by atoms with Crippen LogP contribution in [0.5, 0.6) is 5.75 Å². The van der Waals surface area contributed by atoms with E-state index in [-0.39, 0.29) is 23.9 Å². The normalized spacial score (nSPS) is 11.4. The maximum Gasteiger partial charge on any atom is 0.243 e. The summed E-state index contributed by atoms with van der Waals surface area (Å²) in [6.07, 6.45) is 0. The highest BCUT2D eigenvalue weighted by atomic mass is 32.2. The summed E-state index contributed by atoms with van der Waals surface area (Å²) in [5, 5.41) is 2.80. The van der Waals surface area contributed by atoms with Gasteiger partial charge in [-0.1, -0.05) is 19.1 Å². The number of benzene rings is 2. The van der Waals surface area contributed by atoms with E-state index in [2.05, 4.69) is 5.32 Å². The molecule has 0 aromatic heterocycles. The Kier molecular flexibility index (Phi) is 6.98. The van der Waals surface area contributed by atoms with Gasteiger partial charge in [0.15, 0.2) is 0 Å². The van der Waals surface area contributed by atoms with Crippen molar-refractivity contribution in [2.75, 3.05) is 25.0 Å². The van der Waals surface area contributed by atoms with Crippen LogP contribution in [-0.4, -0.2) is 38.3 Å². The molecule has 2 aromatic rings. The number of hydrogen-bond acceptors (Lipinski definition) is 4. The lowest BCUT2D eigenvalue weighted by molar-refractivity contribution is -0.116. The maximum atomic E-state index is 12.8. The van der Waals surface area contributed by atoms with Gasteiger partial charge in [-0.25, -0.2) is 8.42 Å². The molecule has 0 aliphatic heterocycles. The van der Waals surface area contributed by atoms with Gasteiger partial charge in [0.05, 0.1) is 18.0 Å². The third-order valence-electron chi connectivity index (χ3n) is 4.11. The van der Waals surface area contributed by atoms with Gasteiger partial charge < -0.3 is 10.1 Å². The van der Waals surface area contributed by atoms with Gasteiger partial charge in [-0.15, -0.1) is 0 Å². The first kappa shape index (κ1) is 20.9. The number of rotatable bonds is 8. The number of hydrogen-bond donors (Lipinski definition) is 1. The van der Waals surface area contributed by atoms with Crippen LogP contribution in [0.3, 0.4) is 0 Å². The second-order valence-corrected chi connectivity index (χ2v) is 8.14. The minimum Gasteiger partial charge on any atom is -0.494 e. The monoisotopic (exact) mass is 390 g/mol. The molecule has 27 heavy (non-hydrogen) atoms. The predicted octanol–water partition coefficient (Wildman–Crippen LogP) is 3.35. The van der Waals surface area contributed by atoms with E-state index in [0.29, 0.717) is 18.0 Å². The topological polar surface area (TPSA) is 75.7 Å². The van der Waals surface area contributed by atoms with E-state index in [1.54, 1.807) is 19.1 Å². The van der Waals surface area contributed by atoms with Crippen molar-refractivity contribution < 1.29 is 17.9 Å². The van der Waals surface area contributed by atoms with Crippen molar-refractivity contribution in [3.63, 3.8) is 0 Å². The number of carbonyl (C=O) groups excluding carboxylic acids is 1. The molecule has 0 saturated carbocycles. The summed E-state index contributed by atoms with van der Waals surface area (Å²) < 4.78 is 32.2. The second kappa shape index (κ2) is 9.01. The summed E-state index contributed by atoms with van der Waals surface area (Å²) in [5.74, 6) is 0.229. The molecule has 1 N–H and O–H groups in total. The molecule has 0 aliphatic rings. The molecule has 0 bridgehead atoms. The molecule has 0 unspecified atom stereocenters. The molecular formula is C20H26N2O4S. The summed E-state index contributed by atoms with van der Waals surface area (Å²) in [6.45, 7) is 7.84. The third-order valence-corrected chi connectivity index (χ3v) is 6.05. The molecule has 0 fully saturated rings. The Morgan fingerprint density at radius 2 is 1.74 bits per heavy atom. The van der Waals surface area contributed by atoms with Crippen molar-refractivity contribution >= 4 is 21.6 Å². The highest BCUT2D eigenvalue weighted by molar-refractivity contribution is 7.89. The minimum atomic E-state index is -3.77. The fourth-order valence-electron chi connectivity index (χ4n) is 2.61. The van der Waals surface area contributed by atoms with Crippen LogP contribution in [0.15, 0.2) is 47.4 Å². The van der Waals surface area contributed by atoms with Gasteiger partial charge in [0.25, 0.3) is 0 Å². The minimum absolute atomic E-state index is 0.132. The molecule has 146 valence electrons. The van der Waals surface area contributed by atoms with E-state index in [9.17, 15) is 13.2 Å². The van der Waals surface area contributed by atoms with Crippen LogP contribution in [0.4, 0.5) is 5.69 Å². The molecule has 2 rings (SSSR count). The highest BCUT2D eigenvalue weighted by Crippen LogP contribution is 2.20. The largest absolute Gasteiger partial charge is 0.494 e. The van der Waals surface area contributed by atoms with Crippen LogP contribution < -0.4 is 10.1 Å². The number of aryl methyl sites for hydroxylation is 2. The molecule has 7 heteroatoms. The molecular weight excluding hydrogens is 364 g/mol. The fourth-order valence-corrected chi connectivity index (χ4v) is 4.02. The molecule has 2 aromatic carbocycles. The van der Waals surface area contributed by atoms with Crippen molar-refractivity contribution in [3.05, 3.63) is 53.6 Å². The molecule has 0 heterocycles. The van der Waals surface area contributed by atoms with E-state index < -0.39 is 10.0 Å². The summed E-state index contributed by atoms with van der Waals surface area (Å²) in [7, 11) is -3.77. The fraction of sp³-hybridized carbons (Fsp3) is 0.350. The van der Waals surface area contributed by atoms with E-state index in [4.69, 9.17) is 4.74 Å². The number of nitrogens with one attached hydrogen (secondary N) is 1. The molecule has 6 nitrogen and oxygen atoms in total. The number of anilines is 1. The van der Waals surface area contributed by atoms with Crippen LogP contribution in [0.1, 0.15) is 25.0 Å². The molecule has 0 spiro atoms. The summed E-state index contributed by atoms with van der Waals surface area (Å²) in [4.78, 5) is 12.6. The average Bonchev–Trinajstić information content (AvgIpc) is 2.63.